The molecule has 0 radical (unpaired) electrons. The second-order valence-electron chi connectivity index (χ2n) is 4.20. The van der Waals surface area contributed by atoms with Crippen LogP contribution in [0.25, 0.3) is 16.7 Å². The molecule has 0 bridgehead atoms. The van der Waals surface area contributed by atoms with E-state index in [1.54, 1.807) is 24.3 Å². The van der Waals surface area contributed by atoms with Crippen molar-refractivity contribution in [1.82, 2.24) is 9.55 Å². The van der Waals surface area contributed by atoms with E-state index in [4.69, 9.17) is 46.4 Å². The number of aromatic nitrogens is 2. The number of imidazole rings is 1. The normalized spacial score (nSPS) is 11.2. The van der Waals surface area contributed by atoms with Gasteiger partial charge in [0, 0.05) is 5.02 Å². The number of rotatable bonds is 2. The van der Waals surface area contributed by atoms with Crippen LogP contribution in [0, 0.1) is 0 Å². The van der Waals surface area contributed by atoms with Gasteiger partial charge in [-0.15, -0.1) is 11.6 Å². The Morgan fingerprint density at radius 1 is 1.00 bits per heavy atom. The molecule has 20 heavy (non-hydrogen) atoms. The SMILES string of the molecule is ClCc1nc2ccc(Cl)cc2n1-c1c(Cl)cccc1Cl. The first kappa shape index (κ1) is 14.0. The lowest BCUT2D eigenvalue weighted by molar-refractivity contribution is 0.982. The number of hydrogen-bond acceptors (Lipinski definition) is 1. The van der Waals surface area contributed by atoms with Gasteiger partial charge >= 0.3 is 0 Å². The standard InChI is InChI=1S/C14H8Cl4N2/c15-7-13-19-11-5-4-8(16)6-12(11)20(13)14-9(17)2-1-3-10(14)18/h1-6H,7H2. The third kappa shape index (κ3) is 2.27. The molecule has 0 N–H and O–H groups in total. The molecule has 0 amide bonds. The molecular weight excluding hydrogens is 338 g/mol. The molecule has 0 spiro atoms. The predicted molar refractivity (Wildman–Crippen MR) is 85.7 cm³/mol. The van der Waals surface area contributed by atoms with E-state index in [0.717, 1.165) is 11.0 Å². The van der Waals surface area contributed by atoms with E-state index in [-0.39, 0.29) is 5.88 Å². The summed E-state index contributed by atoms with van der Waals surface area (Å²) in [5, 5.41) is 1.68. The first-order valence-corrected chi connectivity index (χ1v) is 7.46. The van der Waals surface area contributed by atoms with E-state index < -0.39 is 0 Å². The molecule has 2 aromatic carbocycles. The molecule has 0 atom stereocenters. The Morgan fingerprint density at radius 2 is 1.70 bits per heavy atom. The van der Waals surface area contributed by atoms with Crippen LogP contribution in [0.4, 0.5) is 0 Å². The van der Waals surface area contributed by atoms with Gasteiger partial charge in [0.25, 0.3) is 0 Å². The number of benzene rings is 2. The molecule has 0 saturated heterocycles. The first-order valence-electron chi connectivity index (χ1n) is 5.79. The fourth-order valence-corrected chi connectivity index (χ4v) is 3.05. The monoisotopic (exact) mass is 344 g/mol. The van der Waals surface area contributed by atoms with Crippen LogP contribution in [0.1, 0.15) is 5.82 Å². The summed E-state index contributed by atoms with van der Waals surface area (Å²) in [7, 11) is 0. The van der Waals surface area contributed by atoms with Crippen LogP contribution in [-0.2, 0) is 5.88 Å². The maximum Gasteiger partial charge on any atom is 0.129 e. The Balaban J connectivity index is 2.42. The summed E-state index contributed by atoms with van der Waals surface area (Å²) in [4.78, 5) is 4.49. The zero-order valence-electron chi connectivity index (χ0n) is 10.1. The van der Waals surface area contributed by atoms with Gasteiger partial charge in [-0.3, -0.25) is 4.57 Å². The molecule has 102 valence electrons. The van der Waals surface area contributed by atoms with Crippen LogP contribution in [0.5, 0.6) is 0 Å². The molecular formula is C14H8Cl4N2. The van der Waals surface area contributed by atoms with Gasteiger partial charge in [0.15, 0.2) is 0 Å². The van der Waals surface area contributed by atoms with E-state index in [1.807, 2.05) is 16.7 Å². The van der Waals surface area contributed by atoms with Gasteiger partial charge in [0.1, 0.15) is 5.82 Å². The van der Waals surface area contributed by atoms with Crippen molar-refractivity contribution in [3.63, 3.8) is 0 Å². The van der Waals surface area contributed by atoms with Crippen LogP contribution in [0.2, 0.25) is 15.1 Å². The van der Waals surface area contributed by atoms with Crippen molar-refractivity contribution >= 4 is 57.4 Å². The summed E-state index contributed by atoms with van der Waals surface area (Å²) in [5.74, 6) is 0.910. The van der Waals surface area contributed by atoms with Crippen molar-refractivity contribution in [2.24, 2.45) is 0 Å². The van der Waals surface area contributed by atoms with Gasteiger partial charge in [-0.25, -0.2) is 4.98 Å². The molecule has 0 aliphatic carbocycles. The third-order valence-electron chi connectivity index (χ3n) is 2.97. The Morgan fingerprint density at radius 3 is 2.35 bits per heavy atom. The minimum atomic E-state index is 0.244. The summed E-state index contributed by atoms with van der Waals surface area (Å²) < 4.78 is 1.85. The molecule has 3 aromatic rings. The van der Waals surface area contributed by atoms with Crippen molar-refractivity contribution in [3.05, 3.63) is 57.3 Å². The first-order chi connectivity index (χ1) is 9.61. The van der Waals surface area contributed by atoms with Crippen molar-refractivity contribution in [1.29, 1.82) is 0 Å². The van der Waals surface area contributed by atoms with Crippen molar-refractivity contribution in [2.75, 3.05) is 0 Å². The maximum atomic E-state index is 6.28. The highest BCUT2D eigenvalue weighted by Crippen LogP contribution is 2.33. The van der Waals surface area contributed by atoms with Crippen LogP contribution in [-0.4, -0.2) is 9.55 Å². The number of alkyl halides is 1. The summed E-state index contributed by atoms with van der Waals surface area (Å²) in [5.41, 5.74) is 2.28. The van der Waals surface area contributed by atoms with Crippen LogP contribution < -0.4 is 0 Å². The molecule has 1 aromatic heterocycles. The third-order valence-corrected chi connectivity index (χ3v) is 4.05. The predicted octanol–water partition coefficient (Wildman–Crippen LogP) is 5.72. The molecule has 0 fully saturated rings. The van der Waals surface area contributed by atoms with Crippen molar-refractivity contribution < 1.29 is 0 Å². The summed E-state index contributed by atoms with van der Waals surface area (Å²) in [6.07, 6.45) is 0. The Hall–Kier alpha value is -0.930. The fraction of sp³-hybridized carbons (Fsp3) is 0.0714. The fourth-order valence-electron chi connectivity index (χ4n) is 2.14. The summed E-state index contributed by atoms with van der Waals surface area (Å²) in [6.45, 7) is 0. The van der Waals surface area contributed by atoms with E-state index >= 15 is 0 Å². The number of nitrogens with zero attached hydrogens (tertiary/aromatic N) is 2. The minimum absolute atomic E-state index is 0.244. The van der Waals surface area contributed by atoms with Crippen LogP contribution >= 0.6 is 46.4 Å². The zero-order valence-corrected chi connectivity index (χ0v) is 13.1. The molecule has 0 aliphatic rings. The number of fused-ring (bicyclic) bond motifs is 1. The highest BCUT2D eigenvalue weighted by atomic mass is 35.5. The van der Waals surface area contributed by atoms with Gasteiger partial charge in [-0.1, -0.05) is 40.9 Å². The zero-order chi connectivity index (χ0) is 14.3. The average molecular weight is 346 g/mol. The molecule has 0 saturated carbocycles. The quantitative estimate of drug-likeness (QED) is 0.543. The smallest absolute Gasteiger partial charge is 0.129 e. The lowest BCUT2D eigenvalue weighted by atomic mass is 10.2. The van der Waals surface area contributed by atoms with Crippen LogP contribution in [0.15, 0.2) is 36.4 Å². The number of halogens is 4. The van der Waals surface area contributed by atoms with Gasteiger partial charge < -0.3 is 0 Å². The minimum Gasteiger partial charge on any atom is -0.292 e. The van der Waals surface area contributed by atoms with E-state index in [0.29, 0.717) is 26.6 Å². The summed E-state index contributed by atoms with van der Waals surface area (Å²) >= 11 is 24.6. The number of para-hydroxylation sites is 1. The highest BCUT2D eigenvalue weighted by Gasteiger charge is 2.16. The maximum absolute atomic E-state index is 6.28. The average Bonchev–Trinajstić information content (AvgIpc) is 2.77. The lowest BCUT2D eigenvalue weighted by Crippen LogP contribution is -2.01. The molecule has 1 heterocycles. The van der Waals surface area contributed by atoms with Gasteiger partial charge in [0.05, 0.1) is 32.6 Å². The van der Waals surface area contributed by atoms with Crippen LogP contribution in [0.3, 0.4) is 0 Å². The van der Waals surface area contributed by atoms with Gasteiger partial charge in [-0.05, 0) is 30.3 Å². The Bertz CT molecular complexity index is 775. The van der Waals surface area contributed by atoms with Gasteiger partial charge in [0.2, 0.25) is 0 Å². The summed E-state index contributed by atoms with van der Waals surface area (Å²) in [6, 6.07) is 10.8. The Kier molecular flexibility index (Phi) is 3.83. The van der Waals surface area contributed by atoms with Crippen molar-refractivity contribution in [3.8, 4) is 5.69 Å². The molecule has 3 rings (SSSR count). The largest absolute Gasteiger partial charge is 0.292 e. The van der Waals surface area contributed by atoms with Crippen molar-refractivity contribution in [2.45, 2.75) is 5.88 Å². The lowest BCUT2D eigenvalue weighted by Gasteiger charge is -2.11. The molecule has 2 nitrogen and oxygen atoms in total. The molecule has 0 aliphatic heterocycles. The molecule has 0 unspecified atom stereocenters. The highest BCUT2D eigenvalue weighted by molar-refractivity contribution is 6.38. The number of hydrogen-bond donors (Lipinski definition) is 0. The second kappa shape index (κ2) is 5.45. The second-order valence-corrected chi connectivity index (χ2v) is 5.72. The van der Waals surface area contributed by atoms with E-state index in [1.165, 1.54) is 0 Å². The van der Waals surface area contributed by atoms with Gasteiger partial charge in [-0.2, -0.15) is 0 Å². The van der Waals surface area contributed by atoms with E-state index in [2.05, 4.69) is 4.98 Å². The molecule has 6 heteroatoms. The topological polar surface area (TPSA) is 17.8 Å². The Labute approximate surface area is 135 Å². The van der Waals surface area contributed by atoms with E-state index in [9.17, 15) is 0 Å².